The molecule has 0 unspecified atom stereocenters. The Labute approximate surface area is 165 Å². The summed E-state index contributed by atoms with van der Waals surface area (Å²) in [7, 11) is 0. The normalized spacial score (nSPS) is 15.2. The summed E-state index contributed by atoms with van der Waals surface area (Å²) in [5, 5.41) is 2.63. The number of benzene rings is 2. The summed E-state index contributed by atoms with van der Waals surface area (Å²) in [5.74, 6) is -1.29. The first-order chi connectivity index (χ1) is 14.0. The van der Waals surface area contributed by atoms with Gasteiger partial charge >= 0.3 is 17.8 Å². The number of amides is 5. The number of urea groups is 1. The molecular weight excluding hydrogens is 378 g/mol. The molecule has 1 fully saturated rings. The van der Waals surface area contributed by atoms with Crippen LogP contribution in [0.25, 0.3) is 0 Å². The fraction of sp³-hybridized carbons (Fsp3) is 0.200. The van der Waals surface area contributed by atoms with Crippen molar-refractivity contribution in [2.75, 3.05) is 13.3 Å². The van der Waals surface area contributed by atoms with Crippen LogP contribution in [-0.2, 0) is 27.5 Å². The third-order valence-electron chi connectivity index (χ3n) is 4.55. The zero-order valence-corrected chi connectivity index (χ0v) is 15.3. The maximum Gasteiger partial charge on any atom is 0.335 e. The van der Waals surface area contributed by atoms with E-state index in [9.17, 15) is 19.2 Å². The Morgan fingerprint density at radius 2 is 1.62 bits per heavy atom. The number of fused-ring (bicyclic) bond motifs is 1. The highest BCUT2D eigenvalue weighted by Crippen LogP contribution is 2.32. The van der Waals surface area contributed by atoms with E-state index in [-0.39, 0.29) is 19.9 Å². The van der Waals surface area contributed by atoms with Crippen molar-refractivity contribution < 1.29 is 28.7 Å². The lowest BCUT2D eigenvalue weighted by Gasteiger charge is -2.15. The number of rotatable bonds is 6. The number of hydrogen-bond donors (Lipinski definition) is 1. The topological polar surface area (TPSA) is 105 Å². The number of imide groups is 2. The number of carbonyl (C=O) groups excluding carboxylic acids is 4. The van der Waals surface area contributed by atoms with Crippen LogP contribution in [0.1, 0.15) is 11.1 Å². The second-order valence-corrected chi connectivity index (χ2v) is 6.52. The Morgan fingerprint density at radius 3 is 2.41 bits per heavy atom. The van der Waals surface area contributed by atoms with Crippen molar-refractivity contribution in [3.63, 3.8) is 0 Å². The number of nitrogens with one attached hydrogen (secondary N) is 1. The van der Waals surface area contributed by atoms with Gasteiger partial charge in [-0.15, -0.1) is 0 Å². The zero-order chi connectivity index (χ0) is 20.4. The average Bonchev–Trinajstić information content (AvgIpc) is 3.28. The van der Waals surface area contributed by atoms with Crippen molar-refractivity contribution in [3.8, 4) is 11.5 Å². The van der Waals surface area contributed by atoms with Gasteiger partial charge in [-0.3, -0.25) is 19.3 Å². The van der Waals surface area contributed by atoms with Gasteiger partial charge in [-0.05, 0) is 23.3 Å². The second-order valence-electron chi connectivity index (χ2n) is 6.52. The molecule has 0 aliphatic carbocycles. The van der Waals surface area contributed by atoms with Crippen molar-refractivity contribution in [2.45, 2.75) is 13.1 Å². The molecule has 2 aliphatic heterocycles. The first kappa shape index (κ1) is 18.5. The molecular formula is C20H17N3O6. The summed E-state index contributed by atoms with van der Waals surface area (Å²) in [6.45, 7) is -0.232. The van der Waals surface area contributed by atoms with Crippen LogP contribution in [0.3, 0.4) is 0 Å². The molecule has 0 saturated carbocycles. The van der Waals surface area contributed by atoms with Gasteiger partial charge in [0.2, 0.25) is 12.7 Å². The molecule has 0 atom stereocenters. The molecule has 2 aliphatic rings. The Kier molecular flexibility index (Phi) is 4.86. The summed E-state index contributed by atoms with van der Waals surface area (Å²) in [5.41, 5.74) is 1.47. The van der Waals surface area contributed by atoms with E-state index in [2.05, 4.69) is 5.32 Å². The second kappa shape index (κ2) is 7.63. The van der Waals surface area contributed by atoms with Gasteiger partial charge in [0, 0.05) is 6.54 Å². The van der Waals surface area contributed by atoms with E-state index in [0.717, 1.165) is 10.5 Å². The first-order valence-corrected chi connectivity index (χ1v) is 8.89. The molecule has 1 N–H and O–H groups in total. The predicted octanol–water partition coefficient (Wildman–Crippen LogP) is 1.02. The van der Waals surface area contributed by atoms with Crippen molar-refractivity contribution in [2.24, 2.45) is 0 Å². The first-order valence-electron chi connectivity index (χ1n) is 8.89. The van der Waals surface area contributed by atoms with Crippen LogP contribution in [0.2, 0.25) is 0 Å². The van der Waals surface area contributed by atoms with Crippen LogP contribution >= 0.6 is 0 Å². The van der Waals surface area contributed by atoms with E-state index < -0.39 is 30.3 Å². The average molecular weight is 395 g/mol. The van der Waals surface area contributed by atoms with E-state index in [0.29, 0.717) is 22.0 Å². The highest BCUT2D eigenvalue weighted by atomic mass is 16.7. The molecule has 5 amide bonds. The van der Waals surface area contributed by atoms with Crippen LogP contribution in [0.15, 0.2) is 48.5 Å². The molecule has 9 heteroatoms. The molecule has 9 nitrogen and oxygen atoms in total. The van der Waals surface area contributed by atoms with Crippen LogP contribution in [0.4, 0.5) is 4.79 Å². The molecule has 0 aromatic heterocycles. The molecule has 1 saturated heterocycles. The Morgan fingerprint density at radius 1 is 0.897 bits per heavy atom. The van der Waals surface area contributed by atoms with Gasteiger partial charge in [0.25, 0.3) is 0 Å². The monoisotopic (exact) mass is 395 g/mol. The van der Waals surface area contributed by atoms with Gasteiger partial charge in [-0.25, -0.2) is 9.69 Å². The largest absolute Gasteiger partial charge is 0.454 e. The third-order valence-corrected chi connectivity index (χ3v) is 4.55. The zero-order valence-electron chi connectivity index (χ0n) is 15.3. The number of carbonyl (C=O) groups is 4. The van der Waals surface area contributed by atoms with E-state index in [1.807, 2.05) is 0 Å². The summed E-state index contributed by atoms with van der Waals surface area (Å²) in [4.78, 5) is 50.5. The molecule has 0 radical (unpaired) electrons. The van der Waals surface area contributed by atoms with Gasteiger partial charge in [-0.2, -0.15) is 0 Å². The van der Waals surface area contributed by atoms with E-state index in [1.165, 1.54) is 0 Å². The maximum absolute atomic E-state index is 12.5. The molecule has 0 bridgehead atoms. The van der Waals surface area contributed by atoms with Crippen molar-refractivity contribution >= 4 is 23.8 Å². The van der Waals surface area contributed by atoms with Gasteiger partial charge in [0.1, 0.15) is 6.54 Å². The van der Waals surface area contributed by atoms with Gasteiger partial charge in [-0.1, -0.05) is 36.4 Å². The summed E-state index contributed by atoms with van der Waals surface area (Å²) >= 11 is 0. The lowest BCUT2D eigenvalue weighted by Crippen LogP contribution is -2.41. The van der Waals surface area contributed by atoms with Crippen LogP contribution < -0.4 is 14.8 Å². The molecule has 0 spiro atoms. The summed E-state index contributed by atoms with van der Waals surface area (Å²) in [6, 6.07) is 13.3. The minimum Gasteiger partial charge on any atom is -0.454 e. The third kappa shape index (κ3) is 3.75. The fourth-order valence-electron chi connectivity index (χ4n) is 3.05. The van der Waals surface area contributed by atoms with Crippen molar-refractivity contribution in [3.05, 3.63) is 59.7 Å². The highest BCUT2D eigenvalue weighted by molar-refractivity contribution is 6.44. The summed E-state index contributed by atoms with van der Waals surface area (Å²) in [6.07, 6.45) is 0. The van der Waals surface area contributed by atoms with E-state index in [4.69, 9.17) is 9.47 Å². The quantitative estimate of drug-likeness (QED) is 0.578. The minimum absolute atomic E-state index is 0.0282. The van der Waals surface area contributed by atoms with Crippen LogP contribution in [0.5, 0.6) is 11.5 Å². The van der Waals surface area contributed by atoms with Crippen LogP contribution in [-0.4, -0.2) is 46.9 Å². The van der Waals surface area contributed by atoms with Gasteiger partial charge in [0.05, 0.1) is 6.54 Å². The van der Waals surface area contributed by atoms with Crippen LogP contribution in [0, 0.1) is 0 Å². The molecule has 4 rings (SSSR count). The standard InChI is InChI=1S/C20H17N3O6/c24-17(21-9-14-6-7-15-16(8-14)29-12-28-15)11-23-19(26)18(25)22(20(23)27)10-13-4-2-1-3-5-13/h1-8H,9-12H2,(H,21,24). The van der Waals surface area contributed by atoms with Crippen molar-refractivity contribution in [1.82, 2.24) is 15.1 Å². The molecule has 2 heterocycles. The van der Waals surface area contributed by atoms with Crippen molar-refractivity contribution in [1.29, 1.82) is 0 Å². The Bertz CT molecular complexity index is 991. The lowest BCUT2D eigenvalue weighted by atomic mass is 10.2. The summed E-state index contributed by atoms with van der Waals surface area (Å²) < 4.78 is 10.5. The van der Waals surface area contributed by atoms with Gasteiger partial charge < -0.3 is 14.8 Å². The van der Waals surface area contributed by atoms with E-state index in [1.54, 1.807) is 48.5 Å². The number of nitrogens with zero attached hydrogens (tertiary/aromatic N) is 2. The SMILES string of the molecule is O=C(CN1C(=O)C(=O)N(Cc2ccccc2)C1=O)NCc1ccc2c(c1)OCO2. The Balaban J connectivity index is 1.35. The molecule has 2 aromatic carbocycles. The lowest BCUT2D eigenvalue weighted by molar-refractivity contribution is -0.144. The minimum atomic E-state index is -1.01. The fourth-order valence-corrected chi connectivity index (χ4v) is 3.05. The molecule has 29 heavy (non-hydrogen) atoms. The molecule has 2 aromatic rings. The van der Waals surface area contributed by atoms with Gasteiger partial charge in [0.15, 0.2) is 11.5 Å². The number of ether oxygens (including phenoxy) is 2. The number of hydrogen-bond acceptors (Lipinski definition) is 6. The maximum atomic E-state index is 12.5. The smallest absolute Gasteiger partial charge is 0.335 e. The highest BCUT2D eigenvalue weighted by Gasteiger charge is 2.45. The van der Waals surface area contributed by atoms with E-state index >= 15 is 0 Å². The predicted molar refractivity (Wildman–Crippen MR) is 98.5 cm³/mol. The molecule has 148 valence electrons. The Hall–Kier alpha value is -3.88.